The number of aromatic nitrogens is 2. The molecule has 0 unspecified atom stereocenters. The monoisotopic (exact) mass is 544 g/mol. The first kappa shape index (κ1) is 27.4. The molecule has 13 heteroatoms. The van der Waals surface area contributed by atoms with E-state index in [1.165, 1.54) is 13.2 Å². The Balaban J connectivity index is 1.59. The van der Waals surface area contributed by atoms with Crippen molar-refractivity contribution < 1.29 is 32.2 Å². The second-order valence-corrected chi connectivity index (χ2v) is 10.1. The second-order valence-electron chi connectivity index (χ2n) is 7.42. The molecule has 1 aromatic heterocycles. The number of rotatable bonds is 12. The van der Waals surface area contributed by atoms with Gasteiger partial charge in [-0.05, 0) is 35.9 Å². The molecule has 0 aliphatic heterocycles. The highest BCUT2D eigenvalue weighted by Gasteiger charge is 2.17. The maximum atomic E-state index is 12.5. The molecule has 3 rings (SSSR count). The third-order valence-corrected chi connectivity index (χ3v) is 6.27. The topological polar surface area (TPSA) is 150 Å². The Morgan fingerprint density at radius 2 is 1.84 bits per heavy atom. The minimum absolute atomic E-state index is 0.0386. The van der Waals surface area contributed by atoms with Gasteiger partial charge in [0, 0.05) is 30.3 Å². The fourth-order valence-electron chi connectivity index (χ4n) is 2.91. The first-order valence-electron chi connectivity index (χ1n) is 10.8. The molecule has 0 atom stereocenters. The van der Waals surface area contributed by atoms with Gasteiger partial charge in [-0.15, -0.1) is 0 Å². The van der Waals surface area contributed by atoms with Gasteiger partial charge in [-0.2, -0.15) is 14.6 Å². The normalized spacial score (nSPS) is 11.4. The first-order chi connectivity index (χ1) is 17.7. The molecule has 194 valence electrons. The van der Waals surface area contributed by atoms with E-state index < -0.39 is 20.9 Å². The van der Waals surface area contributed by atoms with Crippen LogP contribution in [0, 0.1) is 11.3 Å². The number of hydrogen-bond donors (Lipinski definition) is 1. The molecule has 0 aliphatic carbocycles. The summed E-state index contributed by atoms with van der Waals surface area (Å²) < 4.78 is 48.7. The molecule has 3 aromatic rings. The highest BCUT2D eigenvalue weighted by atomic mass is 32.2. The van der Waals surface area contributed by atoms with E-state index in [2.05, 4.69) is 14.7 Å². The van der Waals surface area contributed by atoms with Crippen molar-refractivity contribution in [3.05, 3.63) is 53.6 Å². The largest absolute Gasteiger partial charge is 0.497 e. The van der Waals surface area contributed by atoms with Crippen molar-refractivity contribution in [2.24, 2.45) is 0 Å². The Hall–Kier alpha value is -4.15. The zero-order chi connectivity index (χ0) is 26.8. The van der Waals surface area contributed by atoms with Crippen LogP contribution in [0.3, 0.4) is 0 Å². The summed E-state index contributed by atoms with van der Waals surface area (Å²) in [4.78, 5) is 16.2. The fourth-order valence-corrected chi connectivity index (χ4v) is 4.35. The van der Waals surface area contributed by atoms with Crippen LogP contribution in [0.15, 0.2) is 53.2 Å². The van der Waals surface area contributed by atoms with Crippen LogP contribution in [0.1, 0.15) is 12.0 Å². The standard InChI is InChI=1S/C24H24N4O7S2/c1-32-18-6-4-7-19(14-18)34-10-5-11-35-20-9-8-16(13-21(20)33-2)12-17(15-25)22(29)26-23-27-24(28-36-23)37(3,30)31/h4,6-9,12-14H,5,10-11H2,1-3H3,(H,26,27,28,29). The molecule has 2 aromatic carbocycles. The number of anilines is 1. The van der Waals surface area contributed by atoms with E-state index in [1.54, 1.807) is 31.4 Å². The lowest BCUT2D eigenvalue weighted by Crippen LogP contribution is -2.13. The average molecular weight is 545 g/mol. The minimum Gasteiger partial charge on any atom is -0.497 e. The number of carbonyl (C=O) groups excluding carboxylic acids is 1. The van der Waals surface area contributed by atoms with Crippen LogP contribution >= 0.6 is 11.5 Å². The number of ether oxygens (including phenoxy) is 4. The third kappa shape index (κ3) is 7.92. The van der Waals surface area contributed by atoms with Crippen molar-refractivity contribution in [1.82, 2.24) is 9.36 Å². The number of nitrogens with zero attached hydrogens (tertiary/aromatic N) is 3. The van der Waals surface area contributed by atoms with Gasteiger partial charge in [-0.3, -0.25) is 10.1 Å². The summed E-state index contributed by atoms with van der Waals surface area (Å²) in [6, 6.07) is 14.1. The van der Waals surface area contributed by atoms with Crippen molar-refractivity contribution in [2.45, 2.75) is 11.6 Å². The summed E-state index contributed by atoms with van der Waals surface area (Å²) >= 11 is 0.698. The van der Waals surface area contributed by atoms with Gasteiger partial charge in [-0.1, -0.05) is 12.1 Å². The summed E-state index contributed by atoms with van der Waals surface area (Å²) in [6.45, 7) is 0.815. The molecule has 1 amide bonds. The molecule has 1 heterocycles. The number of sulfone groups is 1. The Bertz CT molecular complexity index is 1430. The molecule has 11 nitrogen and oxygen atoms in total. The minimum atomic E-state index is -3.61. The SMILES string of the molecule is COc1cccc(OCCCOc2ccc(C=C(C#N)C(=O)Nc3nc(S(C)(=O)=O)ns3)cc2OC)c1. The van der Waals surface area contributed by atoms with E-state index in [4.69, 9.17) is 18.9 Å². The number of nitrogens with one attached hydrogen (secondary N) is 1. The molecular formula is C24H24N4O7S2. The summed E-state index contributed by atoms with van der Waals surface area (Å²) in [5.74, 6) is 1.57. The van der Waals surface area contributed by atoms with Crippen molar-refractivity contribution in [1.29, 1.82) is 5.26 Å². The van der Waals surface area contributed by atoms with E-state index >= 15 is 0 Å². The second kappa shape index (κ2) is 12.7. The Kier molecular flexibility index (Phi) is 9.42. The molecule has 0 fully saturated rings. The predicted octanol–water partition coefficient (Wildman–Crippen LogP) is 3.35. The summed E-state index contributed by atoms with van der Waals surface area (Å²) in [7, 11) is -0.536. The van der Waals surface area contributed by atoms with Crippen LogP contribution in [0.25, 0.3) is 6.08 Å². The number of amides is 1. The quantitative estimate of drug-likeness (QED) is 0.204. The van der Waals surface area contributed by atoms with Crippen LogP contribution < -0.4 is 24.3 Å². The summed E-state index contributed by atoms with van der Waals surface area (Å²) in [6.07, 6.45) is 2.94. The fraction of sp³-hybridized carbons (Fsp3) is 0.250. The molecule has 0 radical (unpaired) electrons. The number of methoxy groups -OCH3 is 2. The van der Waals surface area contributed by atoms with Gasteiger partial charge < -0.3 is 18.9 Å². The van der Waals surface area contributed by atoms with Crippen LogP contribution in [0.4, 0.5) is 5.13 Å². The van der Waals surface area contributed by atoms with E-state index in [9.17, 15) is 18.5 Å². The molecule has 0 spiro atoms. The van der Waals surface area contributed by atoms with Crippen molar-refractivity contribution in [3.8, 4) is 29.1 Å². The number of hydrogen-bond acceptors (Lipinski definition) is 11. The van der Waals surface area contributed by atoms with Crippen molar-refractivity contribution >= 4 is 38.5 Å². The van der Waals surface area contributed by atoms with Crippen LogP contribution in [0.5, 0.6) is 23.0 Å². The van der Waals surface area contributed by atoms with E-state index in [1.807, 2.05) is 24.3 Å². The molecule has 0 saturated carbocycles. The zero-order valence-corrected chi connectivity index (χ0v) is 21.9. The lowest BCUT2D eigenvalue weighted by atomic mass is 10.1. The van der Waals surface area contributed by atoms with Gasteiger partial charge >= 0.3 is 0 Å². The van der Waals surface area contributed by atoms with Crippen molar-refractivity contribution in [3.63, 3.8) is 0 Å². The highest BCUT2D eigenvalue weighted by molar-refractivity contribution is 7.90. The Morgan fingerprint density at radius 1 is 1.08 bits per heavy atom. The molecule has 37 heavy (non-hydrogen) atoms. The summed E-state index contributed by atoms with van der Waals surface area (Å²) in [5.41, 5.74) is 0.299. The Morgan fingerprint density at radius 3 is 2.51 bits per heavy atom. The van der Waals surface area contributed by atoms with E-state index in [0.29, 0.717) is 59.7 Å². The first-order valence-corrected chi connectivity index (χ1v) is 13.4. The van der Waals surface area contributed by atoms with Gasteiger partial charge in [-0.25, -0.2) is 8.42 Å². The third-order valence-electron chi connectivity index (χ3n) is 4.68. The number of benzene rings is 2. The van der Waals surface area contributed by atoms with Gasteiger partial charge in [0.05, 0.1) is 27.4 Å². The molecule has 1 N–H and O–H groups in total. The van der Waals surface area contributed by atoms with E-state index in [-0.39, 0.29) is 10.7 Å². The number of nitriles is 1. The average Bonchev–Trinajstić information content (AvgIpc) is 3.36. The number of carbonyl (C=O) groups is 1. The molecule has 0 aliphatic rings. The van der Waals surface area contributed by atoms with Gasteiger partial charge in [0.2, 0.25) is 15.0 Å². The molecule has 0 bridgehead atoms. The smallest absolute Gasteiger partial charge is 0.268 e. The molecular weight excluding hydrogens is 520 g/mol. The zero-order valence-electron chi connectivity index (χ0n) is 20.3. The van der Waals surface area contributed by atoms with Crippen LogP contribution in [-0.4, -0.2) is 57.4 Å². The lowest BCUT2D eigenvalue weighted by molar-refractivity contribution is -0.112. The van der Waals surface area contributed by atoms with Crippen LogP contribution in [0.2, 0.25) is 0 Å². The van der Waals surface area contributed by atoms with Gasteiger partial charge in [0.1, 0.15) is 23.1 Å². The maximum Gasteiger partial charge on any atom is 0.268 e. The van der Waals surface area contributed by atoms with E-state index in [0.717, 1.165) is 6.26 Å². The lowest BCUT2D eigenvalue weighted by Gasteiger charge is -2.12. The van der Waals surface area contributed by atoms with Crippen molar-refractivity contribution in [2.75, 3.05) is 39.0 Å². The molecule has 0 saturated heterocycles. The highest BCUT2D eigenvalue weighted by Crippen LogP contribution is 2.29. The van der Waals surface area contributed by atoms with Crippen LogP contribution in [-0.2, 0) is 14.6 Å². The van der Waals surface area contributed by atoms with Gasteiger partial charge in [0.15, 0.2) is 11.5 Å². The summed E-state index contributed by atoms with van der Waals surface area (Å²) in [5, 5.41) is 11.4. The predicted molar refractivity (Wildman–Crippen MR) is 137 cm³/mol. The van der Waals surface area contributed by atoms with Gasteiger partial charge in [0.25, 0.3) is 11.1 Å². The maximum absolute atomic E-state index is 12.5. The Labute approximate surface area is 218 Å².